The van der Waals surface area contributed by atoms with Gasteiger partial charge in [-0.25, -0.2) is 0 Å². The molecule has 0 aliphatic carbocycles. The molecule has 0 saturated heterocycles. The summed E-state index contributed by atoms with van der Waals surface area (Å²) in [7, 11) is -3.95. The summed E-state index contributed by atoms with van der Waals surface area (Å²) < 4.78 is 11.2. The van der Waals surface area contributed by atoms with Gasteiger partial charge >= 0.3 is 7.60 Å². The summed E-state index contributed by atoms with van der Waals surface area (Å²) in [5, 5.41) is 0. The van der Waals surface area contributed by atoms with Gasteiger partial charge in [-0.05, 0) is 23.8 Å². The summed E-state index contributed by atoms with van der Waals surface area (Å²) in [6, 6.07) is 9.64. The normalized spacial score (nSPS) is 15.5. The lowest BCUT2D eigenvalue weighted by molar-refractivity contribution is 0.362. The molecule has 0 spiro atoms. The fraction of sp³-hybridized carbons (Fsp3) is 0.538. The van der Waals surface area contributed by atoms with Crippen molar-refractivity contribution < 1.29 is 14.4 Å². The van der Waals surface area contributed by atoms with Gasteiger partial charge in [0.05, 0.1) is 6.16 Å². The van der Waals surface area contributed by atoms with Crippen LogP contribution in [0.25, 0.3) is 0 Å². The molecule has 2 unspecified atom stereocenters. The van der Waals surface area contributed by atoms with E-state index in [0.717, 1.165) is 18.4 Å². The van der Waals surface area contributed by atoms with E-state index in [4.69, 9.17) is 9.79 Å². The molecule has 1 aromatic rings. The molecule has 3 nitrogen and oxygen atoms in total. The van der Waals surface area contributed by atoms with E-state index in [2.05, 4.69) is 13.8 Å². The van der Waals surface area contributed by atoms with E-state index in [1.54, 1.807) is 0 Å². The molecule has 0 amide bonds. The largest absolute Gasteiger partial charge is 0.326 e. The zero-order valence-electron chi connectivity index (χ0n) is 10.4. The molecule has 0 radical (unpaired) electrons. The summed E-state index contributed by atoms with van der Waals surface area (Å²) in [6.45, 7) is 4.22. The smallest absolute Gasteiger partial charge is 0.324 e. The molecule has 0 saturated carbocycles. The maximum Gasteiger partial charge on any atom is 0.326 e. The second-order valence-electron chi connectivity index (χ2n) is 4.70. The Morgan fingerprint density at radius 2 is 1.82 bits per heavy atom. The van der Waals surface area contributed by atoms with Gasteiger partial charge in [0.2, 0.25) is 0 Å². The van der Waals surface area contributed by atoms with Gasteiger partial charge < -0.3 is 9.79 Å². The fourth-order valence-corrected chi connectivity index (χ4v) is 2.91. The van der Waals surface area contributed by atoms with E-state index in [1.807, 2.05) is 30.3 Å². The minimum atomic E-state index is -3.95. The number of hydrogen-bond donors (Lipinski definition) is 2. The second kappa shape index (κ2) is 6.34. The Bertz CT molecular complexity index is 372. The lowest BCUT2D eigenvalue weighted by Crippen LogP contribution is -2.09. The first kappa shape index (κ1) is 14.4. The highest BCUT2D eigenvalue weighted by Gasteiger charge is 2.24. The van der Waals surface area contributed by atoms with Gasteiger partial charge in [0.25, 0.3) is 0 Å². The van der Waals surface area contributed by atoms with Crippen LogP contribution in [0.1, 0.15) is 38.2 Å². The van der Waals surface area contributed by atoms with Gasteiger partial charge in [-0.1, -0.05) is 50.6 Å². The molecule has 17 heavy (non-hydrogen) atoms. The average molecular weight is 256 g/mol. The maximum absolute atomic E-state index is 11.2. The van der Waals surface area contributed by atoms with E-state index in [9.17, 15) is 4.57 Å². The average Bonchev–Trinajstić information content (AvgIpc) is 2.27. The molecule has 1 rings (SSSR count). The third kappa shape index (κ3) is 5.49. The molecule has 96 valence electrons. The first-order valence-electron chi connectivity index (χ1n) is 6.02. The van der Waals surface area contributed by atoms with Gasteiger partial charge in [0.15, 0.2) is 0 Å². The van der Waals surface area contributed by atoms with Gasteiger partial charge in [0.1, 0.15) is 0 Å². The van der Waals surface area contributed by atoms with Crippen molar-refractivity contribution in [2.75, 3.05) is 6.16 Å². The van der Waals surface area contributed by atoms with Crippen molar-refractivity contribution in [2.45, 2.75) is 32.6 Å². The monoisotopic (exact) mass is 256 g/mol. The predicted octanol–water partition coefficient (Wildman–Crippen LogP) is 3.38. The Morgan fingerprint density at radius 1 is 1.24 bits per heavy atom. The van der Waals surface area contributed by atoms with Crippen molar-refractivity contribution in [3.05, 3.63) is 35.9 Å². The van der Waals surface area contributed by atoms with Crippen molar-refractivity contribution in [3.63, 3.8) is 0 Å². The van der Waals surface area contributed by atoms with E-state index in [-0.39, 0.29) is 12.1 Å². The van der Waals surface area contributed by atoms with Crippen LogP contribution in [0, 0.1) is 5.92 Å². The number of rotatable bonds is 6. The first-order chi connectivity index (χ1) is 7.92. The van der Waals surface area contributed by atoms with Crippen LogP contribution < -0.4 is 0 Å². The van der Waals surface area contributed by atoms with E-state index >= 15 is 0 Å². The molecule has 0 fully saturated rings. The maximum atomic E-state index is 11.2. The van der Waals surface area contributed by atoms with Crippen LogP contribution in [-0.2, 0) is 4.57 Å². The minimum absolute atomic E-state index is 0.0491. The fourth-order valence-electron chi connectivity index (χ4n) is 1.98. The van der Waals surface area contributed by atoms with Crippen molar-refractivity contribution in [1.82, 2.24) is 0 Å². The highest BCUT2D eigenvalue weighted by molar-refractivity contribution is 7.51. The molecule has 2 atom stereocenters. The highest BCUT2D eigenvalue weighted by Crippen LogP contribution is 2.42. The van der Waals surface area contributed by atoms with Crippen LogP contribution in [0.15, 0.2) is 30.3 Å². The summed E-state index contributed by atoms with van der Waals surface area (Å²) in [5.74, 6) is 0.429. The van der Waals surface area contributed by atoms with Crippen molar-refractivity contribution in [2.24, 2.45) is 5.92 Å². The lowest BCUT2D eigenvalue weighted by atomic mass is 9.90. The Labute approximate surface area is 103 Å². The van der Waals surface area contributed by atoms with Gasteiger partial charge in [-0.3, -0.25) is 4.57 Å². The summed E-state index contributed by atoms with van der Waals surface area (Å²) in [4.78, 5) is 18.3. The molecular weight excluding hydrogens is 235 g/mol. The topological polar surface area (TPSA) is 57.5 Å². The third-order valence-electron chi connectivity index (χ3n) is 3.11. The lowest BCUT2D eigenvalue weighted by Gasteiger charge is -2.21. The second-order valence-corrected chi connectivity index (χ2v) is 6.40. The highest BCUT2D eigenvalue weighted by atomic mass is 31.2. The molecule has 0 heterocycles. The Balaban J connectivity index is 2.83. The summed E-state index contributed by atoms with van der Waals surface area (Å²) in [5.41, 5.74) is 1.02. The molecule has 0 aromatic heterocycles. The van der Waals surface area contributed by atoms with E-state index in [0.29, 0.717) is 5.92 Å². The third-order valence-corrected chi connectivity index (χ3v) is 4.03. The SMILES string of the molecule is CCC(C)CC(CP(=O)(O)O)c1ccccc1. The molecular formula is C13H21O3P. The van der Waals surface area contributed by atoms with E-state index < -0.39 is 7.60 Å². The van der Waals surface area contributed by atoms with Crippen molar-refractivity contribution in [3.8, 4) is 0 Å². The number of benzene rings is 1. The predicted molar refractivity (Wildman–Crippen MR) is 70.2 cm³/mol. The molecule has 1 aromatic carbocycles. The molecule has 0 bridgehead atoms. The van der Waals surface area contributed by atoms with Crippen LogP contribution >= 0.6 is 7.60 Å². The van der Waals surface area contributed by atoms with E-state index in [1.165, 1.54) is 0 Å². The zero-order valence-corrected chi connectivity index (χ0v) is 11.3. The van der Waals surface area contributed by atoms with Crippen LogP contribution in [0.4, 0.5) is 0 Å². The van der Waals surface area contributed by atoms with Gasteiger partial charge in [0, 0.05) is 0 Å². The zero-order chi connectivity index (χ0) is 12.9. The first-order valence-corrected chi connectivity index (χ1v) is 7.81. The Kier molecular flexibility index (Phi) is 5.38. The Hall–Kier alpha value is -0.630. The number of hydrogen-bond acceptors (Lipinski definition) is 1. The van der Waals surface area contributed by atoms with Crippen molar-refractivity contribution >= 4 is 7.60 Å². The molecule has 0 aliphatic rings. The van der Waals surface area contributed by atoms with Gasteiger partial charge in [-0.2, -0.15) is 0 Å². The van der Waals surface area contributed by atoms with Crippen LogP contribution in [0.2, 0.25) is 0 Å². The molecule has 0 aliphatic heterocycles. The molecule has 4 heteroatoms. The van der Waals surface area contributed by atoms with Crippen LogP contribution in [-0.4, -0.2) is 15.9 Å². The quantitative estimate of drug-likeness (QED) is 0.767. The van der Waals surface area contributed by atoms with Gasteiger partial charge in [-0.15, -0.1) is 0 Å². The Morgan fingerprint density at radius 3 is 2.29 bits per heavy atom. The van der Waals surface area contributed by atoms with Crippen LogP contribution in [0.5, 0.6) is 0 Å². The summed E-state index contributed by atoms with van der Waals surface area (Å²) in [6.07, 6.45) is 1.80. The standard InChI is InChI=1S/C13H21O3P/c1-3-11(2)9-13(10-17(14,15)16)12-7-5-4-6-8-12/h4-8,11,13H,3,9-10H2,1-2H3,(H2,14,15,16). The molecule has 2 N–H and O–H groups in total. The minimum Gasteiger partial charge on any atom is -0.324 e. The van der Waals surface area contributed by atoms with Crippen molar-refractivity contribution in [1.29, 1.82) is 0 Å². The van der Waals surface area contributed by atoms with Crippen LogP contribution in [0.3, 0.4) is 0 Å². The summed E-state index contributed by atoms with van der Waals surface area (Å²) >= 11 is 0.